The molecule has 134 valence electrons. The van der Waals surface area contributed by atoms with Crippen LogP contribution in [0.4, 0.5) is 13.2 Å². The highest BCUT2D eigenvalue weighted by Crippen LogP contribution is 2.33. The topological polar surface area (TPSA) is 46.3 Å². The second-order valence-electron chi connectivity index (χ2n) is 6.61. The van der Waals surface area contributed by atoms with E-state index in [1.54, 1.807) is 11.0 Å². The molecule has 0 saturated carbocycles. The Bertz CT molecular complexity index is 564. The largest absolute Gasteiger partial charge is 0.416 e. The van der Waals surface area contributed by atoms with Crippen molar-refractivity contribution < 1.29 is 18.0 Å². The summed E-state index contributed by atoms with van der Waals surface area (Å²) in [5.74, 6) is -0.207. The molecule has 24 heavy (non-hydrogen) atoms. The van der Waals surface area contributed by atoms with Crippen molar-refractivity contribution in [2.24, 2.45) is 11.7 Å². The molecule has 1 aliphatic heterocycles. The SMILES string of the molecule is CCC(C(=O)N1CCC(C(C)N)CC1)c1cccc(C(F)(F)F)c1. The predicted octanol–water partition coefficient (Wildman–Crippen LogP) is 3.78. The van der Waals surface area contributed by atoms with E-state index in [9.17, 15) is 18.0 Å². The van der Waals surface area contributed by atoms with E-state index in [4.69, 9.17) is 5.73 Å². The molecule has 0 aliphatic carbocycles. The first kappa shape index (κ1) is 18.8. The first-order chi connectivity index (χ1) is 11.2. The van der Waals surface area contributed by atoms with Crippen molar-refractivity contribution in [2.75, 3.05) is 13.1 Å². The zero-order valence-corrected chi connectivity index (χ0v) is 14.1. The number of alkyl halides is 3. The monoisotopic (exact) mass is 342 g/mol. The van der Waals surface area contributed by atoms with Gasteiger partial charge in [0.15, 0.2) is 0 Å². The molecule has 3 nitrogen and oxygen atoms in total. The summed E-state index contributed by atoms with van der Waals surface area (Å²) in [6, 6.07) is 5.22. The van der Waals surface area contributed by atoms with Crippen LogP contribution in [0.5, 0.6) is 0 Å². The number of nitrogens with two attached hydrogens (primary N) is 1. The third kappa shape index (κ3) is 4.29. The summed E-state index contributed by atoms with van der Waals surface area (Å²) in [5, 5.41) is 0. The molecule has 2 rings (SSSR count). The van der Waals surface area contributed by atoms with Crippen LogP contribution in [-0.4, -0.2) is 29.9 Å². The lowest BCUT2D eigenvalue weighted by Gasteiger charge is -2.35. The van der Waals surface area contributed by atoms with Gasteiger partial charge in [-0.15, -0.1) is 0 Å². The molecule has 2 atom stereocenters. The van der Waals surface area contributed by atoms with Crippen molar-refractivity contribution >= 4 is 5.91 Å². The zero-order chi connectivity index (χ0) is 17.9. The average molecular weight is 342 g/mol. The van der Waals surface area contributed by atoms with Gasteiger partial charge >= 0.3 is 6.18 Å². The second kappa shape index (κ2) is 7.55. The molecular weight excluding hydrogens is 317 g/mol. The Balaban J connectivity index is 2.13. The molecule has 0 aromatic heterocycles. The van der Waals surface area contributed by atoms with E-state index in [2.05, 4.69) is 0 Å². The van der Waals surface area contributed by atoms with Crippen LogP contribution < -0.4 is 5.73 Å². The van der Waals surface area contributed by atoms with E-state index < -0.39 is 17.7 Å². The minimum atomic E-state index is -4.40. The van der Waals surface area contributed by atoms with E-state index in [-0.39, 0.29) is 11.9 Å². The summed E-state index contributed by atoms with van der Waals surface area (Å²) in [7, 11) is 0. The Labute approximate surface area is 141 Å². The molecular formula is C18H25F3N2O. The van der Waals surface area contributed by atoms with Crippen molar-refractivity contribution in [1.82, 2.24) is 4.90 Å². The van der Waals surface area contributed by atoms with Crippen LogP contribution in [0.3, 0.4) is 0 Å². The molecule has 6 heteroatoms. The molecule has 1 aliphatic rings. The summed E-state index contributed by atoms with van der Waals surface area (Å²) >= 11 is 0. The van der Waals surface area contributed by atoms with Gasteiger partial charge in [0.2, 0.25) is 5.91 Å². The highest BCUT2D eigenvalue weighted by Gasteiger charge is 2.33. The normalized spacial score (nSPS) is 19.2. The van der Waals surface area contributed by atoms with Gasteiger partial charge in [0.1, 0.15) is 0 Å². The van der Waals surface area contributed by atoms with Crippen LogP contribution in [0.25, 0.3) is 0 Å². The Morgan fingerprint density at radius 2 is 1.96 bits per heavy atom. The number of rotatable bonds is 4. The fourth-order valence-corrected chi connectivity index (χ4v) is 3.35. The Morgan fingerprint density at radius 3 is 2.46 bits per heavy atom. The zero-order valence-electron chi connectivity index (χ0n) is 14.1. The van der Waals surface area contributed by atoms with Crippen molar-refractivity contribution in [3.8, 4) is 0 Å². The second-order valence-corrected chi connectivity index (χ2v) is 6.61. The fourth-order valence-electron chi connectivity index (χ4n) is 3.35. The number of likely N-dealkylation sites (tertiary alicyclic amines) is 1. The summed E-state index contributed by atoms with van der Waals surface area (Å²) in [4.78, 5) is 14.6. The van der Waals surface area contributed by atoms with Gasteiger partial charge in [0.25, 0.3) is 0 Å². The molecule has 0 spiro atoms. The van der Waals surface area contributed by atoms with Crippen molar-refractivity contribution in [2.45, 2.75) is 51.2 Å². The molecule has 0 bridgehead atoms. The number of piperidine rings is 1. The predicted molar refractivity (Wildman–Crippen MR) is 87.4 cm³/mol. The number of nitrogens with zero attached hydrogens (tertiary/aromatic N) is 1. The first-order valence-electron chi connectivity index (χ1n) is 8.45. The minimum absolute atomic E-state index is 0.0834. The van der Waals surface area contributed by atoms with Crippen molar-refractivity contribution in [1.29, 1.82) is 0 Å². The Kier molecular flexibility index (Phi) is 5.91. The van der Waals surface area contributed by atoms with Gasteiger partial charge < -0.3 is 10.6 Å². The van der Waals surface area contributed by atoms with E-state index in [0.29, 0.717) is 31.0 Å². The molecule has 0 radical (unpaired) electrons. The van der Waals surface area contributed by atoms with Gasteiger partial charge in [-0.25, -0.2) is 0 Å². The third-order valence-corrected chi connectivity index (χ3v) is 4.92. The van der Waals surface area contributed by atoms with E-state index >= 15 is 0 Å². The van der Waals surface area contributed by atoms with Crippen LogP contribution in [0.2, 0.25) is 0 Å². The van der Waals surface area contributed by atoms with Crippen molar-refractivity contribution in [3.63, 3.8) is 0 Å². The van der Waals surface area contributed by atoms with Gasteiger partial charge in [0, 0.05) is 19.1 Å². The minimum Gasteiger partial charge on any atom is -0.342 e. The summed E-state index contributed by atoms with van der Waals surface area (Å²) < 4.78 is 38.7. The molecule has 1 aromatic rings. The van der Waals surface area contributed by atoms with Gasteiger partial charge in [-0.3, -0.25) is 4.79 Å². The molecule has 1 amide bonds. The number of amides is 1. The van der Waals surface area contributed by atoms with E-state index in [0.717, 1.165) is 25.0 Å². The molecule has 1 heterocycles. The third-order valence-electron chi connectivity index (χ3n) is 4.92. The van der Waals surface area contributed by atoms with Crippen LogP contribution in [0.1, 0.15) is 50.2 Å². The van der Waals surface area contributed by atoms with E-state index in [1.807, 2.05) is 13.8 Å². The lowest BCUT2D eigenvalue weighted by Crippen LogP contribution is -2.44. The number of hydrogen-bond donors (Lipinski definition) is 1. The van der Waals surface area contributed by atoms with Crippen LogP contribution in [-0.2, 0) is 11.0 Å². The van der Waals surface area contributed by atoms with Crippen molar-refractivity contribution in [3.05, 3.63) is 35.4 Å². The molecule has 2 N–H and O–H groups in total. The van der Waals surface area contributed by atoms with Crippen LogP contribution in [0, 0.1) is 5.92 Å². The number of benzene rings is 1. The molecule has 1 aromatic carbocycles. The van der Waals surface area contributed by atoms with Gasteiger partial charge in [0.05, 0.1) is 11.5 Å². The van der Waals surface area contributed by atoms with Crippen LogP contribution in [0.15, 0.2) is 24.3 Å². The van der Waals surface area contributed by atoms with Gasteiger partial charge in [-0.05, 0) is 43.7 Å². The standard InChI is InChI=1S/C18H25F3N2O/c1-3-16(14-5-4-6-15(11-14)18(19,20)21)17(24)23-9-7-13(8-10-23)12(2)22/h4-6,11-13,16H,3,7-10,22H2,1-2H3. The highest BCUT2D eigenvalue weighted by atomic mass is 19.4. The molecule has 1 saturated heterocycles. The number of carbonyl (C=O) groups excluding carboxylic acids is 1. The maximum absolute atomic E-state index is 12.9. The number of halogens is 3. The summed E-state index contributed by atoms with van der Waals surface area (Å²) in [5.41, 5.74) is 5.64. The summed E-state index contributed by atoms with van der Waals surface area (Å²) in [6.07, 6.45) is -2.22. The van der Waals surface area contributed by atoms with Gasteiger partial charge in [-0.2, -0.15) is 13.2 Å². The lowest BCUT2D eigenvalue weighted by atomic mass is 9.88. The Hall–Kier alpha value is -1.56. The highest BCUT2D eigenvalue weighted by molar-refractivity contribution is 5.83. The van der Waals surface area contributed by atoms with Gasteiger partial charge in [-0.1, -0.05) is 25.1 Å². The first-order valence-corrected chi connectivity index (χ1v) is 8.45. The maximum Gasteiger partial charge on any atom is 0.416 e. The fraction of sp³-hybridized carbons (Fsp3) is 0.611. The maximum atomic E-state index is 12.9. The smallest absolute Gasteiger partial charge is 0.342 e. The number of carbonyl (C=O) groups is 1. The van der Waals surface area contributed by atoms with Crippen LogP contribution >= 0.6 is 0 Å². The Morgan fingerprint density at radius 1 is 1.33 bits per heavy atom. The molecule has 2 unspecified atom stereocenters. The lowest BCUT2D eigenvalue weighted by molar-refractivity contribution is -0.138. The molecule has 1 fully saturated rings. The quantitative estimate of drug-likeness (QED) is 0.905. The van der Waals surface area contributed by atoms with E-state index in [1.165, 1.54) is 6.07 Å². The number of hydrogen-bond acceptors (Lipinski definition) is 2. The average Bonchev–Trinajstić information content (AvgIpc) is 2.55. The summed E-state index contributed by atoms with van der Waals surface area (Å²) in [6.45, 7) is 5.05.